The summed E-state index contributed by atoms with van der Waals surface area (Å²) in [5.41, 5.74) is 1.83. The number of Topliss-reactive ketones (excluding diaryl/α,β-unsaturated/α-hetero) is 1. The number of non-ortho nitro benzene ring substituents is 1. The first-order valence-corrected chi connectivity index (χ1v) is 6.14. The number of hydrogen-bond donors (Lipinski definition) is 0. The average Bonchev–Trinajstić information content (AvgIpc) is 2.49. The molecule has 20 heavy (non-hydrogen) atoms. The van der Waals surface area contributed by atoms with Crippen LogP contribution in [0.4, 0.5) is 5.69 Å². The topological polar surface area (TPSA) is 60.2 Å². The summed E-state index contributed by atoms with van der Waals surface area (Å²) in [6.07, 6.45) is 1.75. The van der Waals surface area contributed by atoms with Crippen molar-refractivity contribution in [1.29, 1.82) is 0 Å². The number of carbonyl (C=O) groups is 1. The largest absolute Gasteiger partial charge is 0.289 e. The first-order chi connectivity index (χ1) is 9.63. The molecule has 0 heterocycles. The van der Waals surface area contributed by atoms with Gasteiger partial charge in [0.15, 0.2) is 5.78 Å². The molecule has 0 N–H and O–H groups in total. The zero-order valence-electron chi connectivity index (χ0n) is 10.9. The van der Waals surface area contributed by atoms with Gasteiger partial charge in [0, 0.05) is 23.3 Å². The van der Waals surface area contributed by atoms with Crippen molar-refractivity contribution in [3.63, 3.8) is 0 Å². The SMILES string of the molecule is C/C=C(/C(=O)c1ccc([N+](=O)[O-])cc1)c1ccccc1. The molecule has 0 saturated carbocycles. The molecule has 0 aliphatic rings. The van der Waals surface area contributed by atoms with Gasteiger partial charge in [0.2, 0.25) is 0 Å². The summed E-state index contributed by atoms with van der Waals surface area (Å²) in [6.45, 7) is 1.80. The number of benzene rings is 2. The van der Waals surface area contributed by atoms with E-state index in [9.17, 15) is 14.9 Å². The number of carbonyl (C=O) groups excluding carboxylic acids is 1. The zero-order chi connectivity index (χ0) is 14.5. The van der Waals surface area contributed by atoms with Crippen molar-refractivity contribution in [3.8, 4) is 0 Å². The van der Waals surface area contributed by atoms with Gasteiger partial charge in [-0.1, -0.05) is 36.4 Å². The summed E-state index contributed by atoms with van der Waals surface area (Å²) in [5, 5.41) is 10.6. The van der Waals surface area contributed by atoms with Gasteiger partial charge in [0.05, 0.1) is 4.92 Å². The highest BCUT2D eigenvalue weighted by molar-refractivity contribution is 6.28. The van der Waals surface area contributed by atoms with E-state index in [1.54, 1.807) is 13.0 Å². The second kappa shape index (κ2) is 5.93. The van der Waals surface area contributed by atoms with Crippen LogP contribution in [0.2, 0.25) is 0 Å². The van der Waals surface area contributed by atoms with E-state index in [-0.39, 0.29) is 11.5 Å². The number of ketones is 1. The van der Waals surface area contributed by atoms with Crippen molar-refractivity contribution in [2.45, 2.75) is 6.92 Å². The van der Waals surface area contributed by atoms with Crippen LogP contribution in [0.25, 0.3) is 5.57 Å². The molecule has 4 heteroatoms. The van der Waals surface area contributed by atoms with E-state index < -0.39 is 4.92 Å². The standard InChI is InChI=1S/C16H13NO3/c1-2-15(12-6-4-3-5-7-12)16(18)13-8-10-14(11-9-13)17(19)20/h2-11H,1H3/b15-2+. The van der Waals surface area contributed by atoms with E-state index in [2.05, 4.69) is 0 Å². The highest BCUT2D eigenvalue weighted by Crippen LogP contribution is 2.21. The Morgan fingerprint density at radius 2 is 1.60 bits per heavy atom. The molecule has 2 rings (SSSR count). The molecule has 2 aromatic carbocycles. The van der Waals surface area contributed by atoms with E-state index in [1.165, 1.54) is 24.3 Å². The molecule has 0 saturated heterocycles. The second-order valence-electron chi connectivity index (χ2n) is 4.20. The van der Waals surface area contributed by atoms with Crippen molar-refractivity contribution in [1.82, 2.24) is 0 Å². The summed E-state index contributed by atoms with van der Waals surface area (Å²) in [5.74, 6) is -0.145. The Bertz CT molecular complexity index is 658. The molecule has 4 nitrogen and oxygen atoms in total. The summed E-state index contributed by atoms with van der Waals surface area (Å²) in [4.78, 5) is 22.5. The molecule has 0 bridgehead atoms. The fourth-order valence-corrected chi connectivity index (χ4v) is 1.94. The van der Waals surface area contributed by atoms with Crippen LogP contribution < -0.4 is 0 Å². The molecular formula is C16H13NO3. The van der Waals surface area contributed by atoms with Crippen molar-refractivity contribution in [2.75, 3.05) is 0 Å². The van der Waals surface area contributed by atoms with Gasteiger partial charge in [0.25, 0.3) is 5.69 Å². The van der Waals surface area contributed by atoms with E-state index in [1.807, 2.05) is 30.3 Å². The quantitative estimate of drug-likeness (QED) is 0.365. The second-order valence-corrected chi connectivity index (χ2v) is 4.20. The first kappa shape index (κ1) is 13.7. The molecule has 0 amide bonds. The molecule has 0 aromatic heterocycles. The van der Waals surface area contributed by atoms with Gasteiger partial charge in [-0.2, -0.15) is 0 Å². The zero-order valence-corrected chi connectivity index (χ0v) is 10.9. The van der Waals surface area contributed by atoms with Gasteiger partial charge < -0.3 is 0 Å². The lowest BCUT2D eigenvalue weighted by molar-refractivity contribution is -0.384. The van der Waals surface area contributed by atoms with Crippen LogP contribution in [0.1, 0.15) is 22.8 Å². The Labute approximate surface area is 116 Å². The number of nitro groups is 1. The minimum Gasteiger partial charge on any atom is -0.289 e. The summed E-state index contributed by atoms with van der Waals surface area (Å²) >= 11 is 0. The van der Waals surface area contributed by atoms with Crippen LogP contribution in [-0.4, -0.2) is 10.7 Å². The number of hydrogen-bond acceptors (Lipinski definition) is 3. The lowest BCUT2D eigenvalue weighted by Crippen LogP contribution is -2.02. The van der Waals surface area contributed by atoms with E-state index in [4.69, 9.17) is 0 Å². The normalized spacial score (nSPS) is 11.2. The maximum absolute atomic E-state index is 12.4. The molecule has 0 radical (unpaired) electrons. The number of nitro benzene ring substituents is 1. The van der Waals surface area contributed by atoms with Crippen LogP contribution >= 0.6 is 0 Å². The third kappa shape index (κ3) is 2.80. The molecule has 0 atom stereocenters. The Morgan fingerprint density at radius 3 is 2.10 bits per heavy atom. The molecule has 100 valence electrons. The molecular weight excluding hydrogens is 254 g/mol. The van der Waals surface area contributed by atoms with Gasteiger partial charge >= 0.3 is 0 Å². The maximum atomic E-state index is 12.4. The fourth-order valence-electron chi connectivity index (χ4n) is 1.94. The lowest BCUT2D eigenvalue weighted by atomic mass is 9.96. The summed E-state index contributed by atoms with van der Waals surface area (Å²) in [7, 11) is 0. The fraction of sp³-hybridized carbons (Fsp3) is 0.0625. The number of nitrogens with zero attached hydrogens (tertiary/aromatic N) is 1. The minimum absolute atomic E-state index is 0.0247. The average molecular weight is 267 g/mol. The Hall–Kier alpha value is -2.75. The Kier molecular flexibility index (Phi) is 4.05. The van der Waals surface area contributed by atoms with Crippen LogP contribution in [0.5, 0.6) is 0 Å². The van der Waals surface area contributed by atoms with Crippen molar-refractivity contribution in [2.24, 2.45) is 0 Å². The first-order valence-electron chi connectivity index (χ1n) is 6.14. The molecule has 0 spiro atoms. The minimum atomic E-state index is -0.484. The molecule has 0 unspecified atom stereocenters. The molecule has 0 aliphatic heterocycles. The van der Waals surface area contributed by atoms with Gasteiger partial charge in [-0.15, -0.1) is 0 Å². The lowest BCUT2D eigenvalue weighted by Gasteiger charge is -2.06. The molecule has 0 fully saturated rings. The molecule has 0 aliphatic carbocycles. The van der Waals surface area contributed by atoms with Gasteiger partial charge in [-0.25, -0.2) is 0 Å². The van der Waals surface area contributed by atoms with E-state index in [0.29, 0.717) is 11.1 Å². The Morgan fingerprint density at radius 1 is 1.00 bits per heavy atom. The summed E-state index contributed by atoms with van der Waals surface area (Å²) in [6, 6.07) is 15.0. The predicted octanol–water partition coefficient (Wildman–Crippen LogP) is 3.88. The van der Waals surface area contributed by atoms with Crippen LogP contribution in [0.3, 0.4) is 0 Å². The Balaban J connectivity index is 2.33. The highest BCUT2D eigenvalue weighted by atomic mass is 16.6. The predicted molar refractivity (Wildman–Crippen MR) is 77.5 cm³/mol. The number of allylic oxidation sites excluding steroid dienone is 2. The van der Waals surface area contributed by atoms with Crippen molar-refractivity contribution in [3.05, 3.63) is 81.9 Å². The number of rotatable bonds is 4. The third-order valence-corrected chi connectivity index (χ3v) is 2.96. The monoisotopic (exact) mass is 267 g/mol. The van der Waals surface area contributed by atoms with Gasteiger partial charge in [0.1, 0.15) is 0 Å². The maximum Gasteiger partial charge on any atom is 0.269 e. The van der Waals surface area contributed by atoms with Crippen molar-refractivity contribution >= 4 is 17.0 Å². The smallest absolute Gasteiger partial charge is 0.269 e. The highest BCUT2D eigenvalue weighted by Gasteiger charge is 2.14. The van der Waals surface area contributed by atoms with Gasteiger partial charge in [-0.3, -0.25) is 14.9 Å². The third-order valence-electron chi connectivity index (χ3n) is 2.96. The van der Waals surface area contributed by atoms with Crippen LogP contribution in [0.15, 0.2) is 60.7 Å². The summed E-state index contributed by atoms with van der Waals surface area (Å²) < 4.78 is 0. The van der Waals surface area contributed by atoms with E-state index in [0.717, 1.165) is 5.56 Å². The van der Waals surface area contributed by atoms with Crippen molar-refractivity contribution < 1.29 is 9.72 Å². The van der Waals surface area contributed by atoms with Crippen LogP contribution in [0, 0.1) is 10.1 Å². The van der Waals surface area contributed by atoms with Gasteiger partial charge in [-0.05, 0) is 24.6 Å². The van der Waals surface area contributed by atoms with E-state index >= 15 is 0 Å². The molecule has 2 aromatic rings. The van der Waals surface area contributed by atoms with Crippen LogP contribution in [-0.2, 0) is 0 Å².